The highest BCUT2D eigenvalue weighted by Crippen LogP contribution is 2.29. The summed E-state index contributed by atoms with van der Waals surface area (Å²) in [6.07, 6.45) is 0. The average molecular weight is 401 g/mol. The van der Waals surface area contributed by atoms with E-state index < -0.39 is 0 Å². The van der Waals surface area contributed by atoms with E-state index in [4.69, 9.17) is 0 Å². The van der Waals surface area contributed by atoms with Crippen molar-refractivity contribution in [3.8, 4) is 10.7 Å². The van der Waals surface area contributed by atoms with Crippen LogP contribution in [0.2, 0.25) is 0 Å². The van der Waals surface area contributed by atoms with Crippen LogP contribution in [0.4, 0.5) is 5.69 Å². The van der Waals surface area contributed by atoms with Gasteiger partial charge in [0.1, 0.15) is 0 Å². The number of nitrogens with one attached hydrogen (secondary N) is 1. The maximum Gasteiger partial charge on any atom is 0.237 e. The van der Waals surface area contributed by atoms with E-state index >= 15 is 0 Å². The standard InChI is InChI=1S/C20H24N4OS2/c1-5-24-18(17-7-6-12-26-17)22-23-20(24)27-14(4)19(25)21-16-10-8-15(9-11-16)13(2)3/h6-14H,5H2,1-4H3,(H,21,25). The summed E-state index contributed by atoms with van der Waals surface area (Å²) in [6.45, 7) is 9.02. The molecule has 0 bridgehead atoms. The molecule has 3 aromatic rings. The fraction of sp³-hybridized carbons (Fsp3) is 0.350. The first kappa shape index (κ1) is 19.6. The van der Waals surface area contributed by atoms with Gasteiger partial charge in [-0.15, -0.1) is 21.5 Å². The molecule has 1 unspecified atom stereocenters. The first-order valence-corrected chi connectivity index (χ1v) is 10.8. The van der Waals surface area contributed by atoms with E-state index in [1.807, 2.05) is 36.6 Å². The van der Waals surface area contributed by atoms with Gasteiger partial charge in [0.05, 0.1) is 10.1 Å². The minimum Gasteiger partial charge on any atom is -0.325 e. The molecule has 5 nitrogen and oxygen atoms in total. The molecule has 0 aliphatic carbocycles. The molecule has 2 heterocycles. The van der Waals surface area contributed by atoms with Gasteiger partial charge in [0.15, 0.2) is 11.0 Å². The van der Waals surface area contributed by atoms with E-state index in [0.717, 1.165) is 28.1 Å². The van der Waals surface area contributed by atoms with Gasteiger partial charge in [-0.2, -0.15) is 0 Å². The molecular weight excluding hydrogens is 376 g/mol. The van der Waals surface area contributed by atoms with Crippen molar-refractivity contribution in [3.63, 3.8) is 0 Å². The van der Waals surface area contributed by atoms with E-state index in [1.165, 1.54) is 17.3 Å². The third kappa shape index (κ3) is 4.59. The topological polar surface area (TPSA) is 59.8 Å². The predicted octanol–water partition coefficient (Wildman–Crippen LogP) is 5.27. The van der Waals surface area contributed by atoms with E-state index in [2.05, 4.69) is 53.0 Å². The number of carbonyl (C=O) groups excluding carboxylic acids is 1. The summed E-state index contributed by atoms with van der Waals surface area (Å²) in [7, 11) is 0. The summed E-state index contributed by atoms with van der Waals surface area (Å²) in [5.41, 5.74) is 2.07. The highest BCUT2D eigenvalue weighted by Gasteiger charge is 2.20. The number of rotatable bonds is 7. The number of hydrogen-bond acceptors (Lipinski definition) is 5. The minimum atomic E-state index is -0.277. The lowest BCUT2D eigenvalue weighted by molar-refractivity contribution is -0.115. The Morgan fingerprint density at radius 2 is 1.93 bits per heavy atom. The van der Waals surface area contributed by atoms with Crippen LogP contribution in [0, 0.1) is 0 Å². The summed E-state index contributed by atoms with van der Waals surface area (Å²) in [5, 5.41) is 14.1. The van der Waals surface area contributed by atoms with Crippen LogP contribution in [-0.2, 0) is 11.3 Å². The molecule has 0 saturated carbocycles. The van der Waals surface area contributed by atoms with Crippen molar-refractivity contribution in [1.82, 2.24) is 14.8 Å². The minimum absolute atomic E-state index is 0.0411. The third-order valence-electron chi connectivity index (χ3n) is 4.27. The molecule has 0 aliphatic heterocycles. The van der Waals surface area contributed by atoms with Crippen LogP contribution in [-0.4, -0.2) is 25.9 Å². The Hall–Kier alpha value is -2.12. The Balaban J connectivity index is 1.68. The monoisotopic (exact) mass is 400 g/mol. The van der Waals surface area contributed by atoms with Gasteiger partial charge in [0.2, 0.25) is 5.91 Å². The number of carbonyl (C=O) groups is 1. The number of aromatic nitrogens is 3. The van der Waals surface area contributed by atoms with Gasteiger partial charge in [-0.25, -0.2) is 0 Å². The smallest absolute Gasteiger partial charge is 0.237 e. The van der Waals surface area contributed by atoms with Crippen molar-refractivity contribution in [2.24, 2.45) is 0 Å². The van der Waals surface area contributed by atoms with Gasteiger partial charge < -0.3 is 9.88 Å². The molecule has 0 spiro atoms. The number of nitrogens with zero attached hydrogens (tertiary/aromatic N) is 3. The molecule has 0 fully saturated rings. The maximum atomic E-state index is 12.6. The Labute approximate surface area is 168 Å². The predicted molar refractivity (Wildman–Crippen MR) is 113 cm³/mol. The van der Waals surface area contributed by atoms with E-state index in [1.54, 1.807) is 11.3 Å². The van der Waals surface area contributed by atoms with Crippen LogP contribution in [0.25, 0.3) is 10.7 Å². The van der Waals surface area contributed by atoms with Gasteiger partial charge in [0, 0.05) is 12.2 Å². The van der Waals surface area contributed by atoms with Crippen LogP contribution >= 0.6 is 23.1 Å². The molecule has 1 atom stereocenters. The van der Waals surface area contributed by atoms with E-state index in [-0.39, 0.29) is 11.2 Å². The highest BCUT2D eigenvalue weighted by atomic mass is 32.2. The zero-order chi connectivity index (χ0) is 19.4. The van der Waals surface area contributed by atoms with Crippen LogP contribution < -0.4 is 5.32 Å². The van der Waals surface area contributed by atoms with Crippen LogP contribution in [0.5, 0.6) is 0 Å². The fourth-order valence-corrected chi connectivity index (χ4v) is 4.29. The SMILES string of the molecule is CCn1c(SC(C)C(=O)Nc2ccc(C(C)C)cc2)nnc1-c1cccs1. The highest BCUT2D eigenvalue weighted by molar-refractivity contribution is 8.00. The Morgan fingerprint density at radius 1 is 1.19 bits per heavy atom. The van der Waals surface area contributed by atoms with E-state index in [9.17, 15) is 4.79 Å². The maximum absolute atomic E-state index is 12.6. The molecule has 2 aromatic heterocycles. The van der Waals surface area contributed by atoms with Crippen molar-refractivity contribution in [1.29, 1.82) is 0 Å². The summed E-state index contributed by atoms with van der Waals surface area (Å²) >= 11 is 3.07. The van der Waals surface area contributed by atoms with Crippen molar-refractivity contribution in [3.05, 3.63) is 47.3 Å². The van der Waals surface area contributed by atoms with Gasteiger partial charge in [-0.1, -0.05) is 43.8 Å². The second-order valence-electron chi connectivity index (χ2n) is 6.55. The van der Waals surface area contributed by atoms with Crippen molar-refractivity contribution in [2.45, 2.75) is 50.6 Å². The van der Waals surface area contributed by atoms with Gasteiger partial charge >= 0.3 is 0 Å². The Bertz CT molecular complexity index is 885. The number of amides is 1. The summed E-state index contributed by atoms with van der Waals surface area (Å²) in [5.74, 6) is 1.29. The fourth-order valence-electron chi connectivity index (χ4n) is 2.66. The molecule has 0 aliphatic rings. The number of thioether (sulfide) groups is 1. The molecule has 1 N–H and O–H groups in total. The third-order valence-corrected chi connectivity index (χ3v) is 6.22. The summed E-state index contributed by atoms with van der Waals surface area (Å²) < 4.78 is 2.05. The largest absolute Gasteiger partial charge is 0.325 e. The van der Waals surface area contributed by atoms with Crippen molar-refractivity contribution < 1.29 is 4.79 Å². The lowest BCUT2D eigenvalue weighted by Crippen LogP contribution is -2.23. The first-order valence-electron chi connectivity index (χ1n) is 9.04. The molecule has 7 heteroatoms. The zero-order valence-electron chi connectivity index (χ0n) is 16.0. The first-order chi connectivity index (χ1) is 13.0. The van der Waals surface area contributed by atoms with Crippen molar-refractivity contribution in [2.75, 3.05) is 5.32 Å². The quantitative estimate of drug-likeness (QED) is 0.549. The lowest BCUT2D eigenvalue weighted by Gasteiger charge is -2.13. The van der Waals surface area contributed by atoms with Gasteiger partial charge in [-0.05, 0) is 48.9 Å². The average Bonchev–Trinajstić information content (AvgIpc) is 3.31. The second kappa shape index (κ2) is 8.71. The Morgan fingerprint density at radius 3 is 2.52 bits per heavy atom. The second-order valence-corrected chi connectivity index (χ2v) is 8.81. The van der Waals surface area contributed by atoms with Crippen LogP contribution in [0.3, 0.4) is 0 Å². The normalized spacial score (nSPS) is 12.3. The molecule has 0 radical (unpaired) electrons. The summed E-state index contributed by atoms with van der Waals surface area (Å²) in [4.78, 5) is 13.7. The summed E-state index contributed by atoms with van der Waals surface area (Å²) in [6, 6.07) is 12.1. The van der Waals surface area contributed by atoms with Gasteiger partial charge in [0.25, 0.3) is 0 Å². The molecule has 1 aromatic carbocycles. The number of hydrogen-bond donors (Lipinski definition) is 1. The molecule has 1 amide bonds. The Kier molecular flexibility index (Phi) is 6.34. The molecule has 142 valence electrons. The molecule has 3 rings (SSSR count). The number of thiophene rings is 1. The van der Waals surface area contributed by atoms with Gasteiger partial charge in [-0.3, -0.25) is 4.79 Å². The zero-order valence-corrected chi connectivity index (χ0v) is 17.6. The number of anilines is 1. The molecular formula is C20H24N4OS2. The van der Waals surface area contributed by atoms with Crippen molar-refractivity contribution >= 4 is 34.7 Å². The van der Waals surface area contributed by atoms with E-state index in [0.29, 0.717) is 5.92 Å². The van der Waals surface area contributed by atoms with Crippen LogP contribution in [0.1, 0.15) is 39.2 Å². The molecule has 27 heavy (non-hydrogen) atoms. The number of benzene rings is 1. The molecule has 0 saturated heterocycles. The van der Waals surface area contributed by atoms with Crippen LogP contribution in [0.15, 0.2) is 46.9 Å². The lowest BCUT2D eigenvalue weighted by atomic mass is 10.0.